The van der Waals surface area contributed by atoms with E-state index < -0.39 is 0 Å². The number of halogens is 2. The van der Waals surface area contributed by atoms with Gasteiger partial charge in [-0.2, -0.15) is 0 Å². The van der Waals surface area contributed by atoms with Crippen LogP contribution < -0.4 is 0 Å². The Bertz CT molecular complexity index is 974. The third-order valence-electron chi connectivity index (χ3n) is 5.96. The Morgan fingerprint density at radius 2 is 1.61 bits per heavy atom. The first-order valence-corrected chi connectivity index (χ1v) is 10.8. The van der Waals surface area contributed by atoms with Crippen LogP contribution in [0.4, 0.5) is 8.78 Å². The molecule has 1 saturated heterocycles. The molecule has 3 rings (SSSR count). The van der Waals surface area contributed by atoms with E-state index in [-0.39, 0.29) is 35.4 Å². The second-order valence-corrected chi connectivity index (χ2v) is 8.74. The van der Waals surface area contributed by atoms with Gasteiger partial charge in [-0.15, -0.1) is 0 Å². The van der Waals surface area contributed by atoms with Gasteiger partial charge in [0.1, 0.15) is 11.6 Å². The van der Waals surface area contributed by atoms with Crippen LogP contribution in [0.2, 0.25) is 0 Å². The van der Waals surface area contributed by atoms with Crippen LogP contribution in [0.25, 0.3) is 0 Å². The Morgan fingerprint density at radius 1 is 1.03 bits per heavy atom. The van der Waals surface area contributed by atoms with Crippen LogP contribution in [0.3, 0.4) is 0 Å². The maximum absolute atomic E-state index is 13.6. The van der Waals surface area contributed by atoms with Crippen molar-refractivity contribution >= 4 is 11.8 Å². The summed E-state index contributed by atoms with van der Waals surface area (Å²) in [4.78, 5) is 29.7. The first-order valence-electron chi connectivity index (χ1n) is 10.8. The monoisotopic (exact) mass is 428 g/mol. The third kappa shape index (κ3) is 5.30. The van der Waals surface area contributed by atoms with Crippen molar-refractivity contribution in [1.82, 2.24) is 9.80 Å². The summed E-state index contributed by atoms with van der Waals surface area (Å²) in [7, 11) is 0. The van der Waals surface area contributed by atoms with Crippen molar-refractivity contribution < 1.29 is 18.4 Å². The fourth-order valence-electron chi connectivity index (χ4n) is 4.11. The van der Waals surface area contributed by atoms with Crippen LogP contribution in [0.1, 0.15) is 58.5 Å². The van der Waals surface area contributed by atoms with Crippen LogP contribution in [0, 0.1) is 31.4 Å². The largest absolute Gasteiger partial charge is 0.338 e. The molecule has 166 valence electrons. The standard InChI is InChI=1S/C25H30F2N2O2/c1-16(2)29(25(31)21-8-10-23(27)18(4)13-21)15-19-6-5-11-28(14-19)24(30)20-7-9-22(26)17(3)12-20/h7-10,12-13,16,19H,5-6,11,14-15H2,1-4H3. The summed E-state index contributed by atoms with van der Waals surface area (Å²) in [5.74, 6) is -0.743. The summed E-state index contributed by atoms with van der Waals surface area (Å²) in [6.07, 6.45) is 1.78. The first-order chi connectivity index (χ1) is 14.7. The summed E-state index contributed by atoms with van der Waals surface area (Å²) < 4.78 is 27.2. The number of carbonyl (C=O) groups is 2. The van der Waals surface area contributed by atoms with Gasteiger partial charge in [-0.25, -0.2) is 8.78 Å². The zero-order valence-electron chi connectivity index (χ0n) is 18.6. The molecule has 0 saturated carbocycles. The summed E-state index contributed by atoms with van der Waals surface area (Å²) in [6.45, 7) is 8.94. The molecule has 1 aliphatic heterocycles. The summed E-state index contributed by atoms with van der Waals surface area (Å²) in [5, 5.41) is 0. The fraction of sp³-hybridized carbons (Fsp3) is 0.440. The Kier molecular flexibility index (Phi) is 7.08. The summed E-state index contributed by atoms with van der Waals surface area (Å²) in [5.41, 5.74) is 1.85. The highest BCUT2D eigenvalue weighted by atomic mass is 19.1. The lowest BCUT2D eigenvalue weighted by Gasteiger charge is -2.37. The highest BCUT2D eigenvalue weighted by Crippen LogP contribution is 2.23. The van der Waals surface area contributed by atoms with E-state index in [0.717, 1.165) is 12.8 Å². The van der Waals surface area contributed by atoms with E-state index >= 15 is 0 Å². The van der Waals surface area contributed by atoms with Crippen molar-refractivity contribution in [3.8, 4) is 0 Å². The number of aryl methyl sites for hydroxylation is 2. The van der Waals surface area contributed by atoms with Crippen molar-refractivity contribution in [2.45, 2.75) is 46.6 Å². The Morgan fingerprint density at radius 3 is 2.19 bits per heavy atom. The molecule has 0 aromatic heterocycles. The second-order valence-electron chi connectivity index (χ2n) is 8.74. The van der Waals surface area contributed by atoms with Gasteiger partial charge in [0, 0.05) is 36.8 Å². The molecule has 1 unspecified atom stereocenters. The Balaban J connectivity index is 1.72. The minimum absolute atomic E-state index is 0.0244. The molecule has 1 heterocycles. The molecular weight excluding hydrogens is 398 g/mol. The molecular formula is C25H30F2N2O2. The number of hydrogen-bond donors (Lipinski definition) is 0. The average molecular weight is 429 g/mol. The number of likely N-dealkylation sites (tertiary alicyclic amines) is 1. The molecule has 0 aliphatic carbocycles. The van der Waals surface area contributed by atoms with Gasteiger partial charge in [-0.05, 0) is 94.0 Å². The minimum Gasteiger partial charge on any atom is -0.338 e. The van der Waals surface area contributed by atoms with Gasteiger partial charge in [-0.1, -0.05) is 0 Å². The van der Waals surface area contributed by atoms with Gasteiger partial charge in [0.05, 0.1) is 0 Å². The number of rotatable bonds is 5. The molecule has 2 aromatic carbocycles. The molecule has 6 heteroatoms. The Hall–Kier alpha value is -2.76. The highest BCUT2D eigenvalue weighted by Gasteiger charge is 2.29. The van der Waals surface area contributed by atoms with Crippen LogP contribution >= 0.6 is 0 Å². The first kappa shape index (κ1) is 22.9. The predicted octanol–water partition coefficient (Wildman–Crippen LogP) is 4.98. The lowest BCUT2D eigenvalue weighted by Crippen LogP contribution is -2.47. The molecule has 0 bridgehead atoms. The van der Waals surface area contributed by atoms with Gasteiger partial charge in [-0.3, -0.25) is 9.59 Å². The van der Waals surface area contributed by atoms with E-state index in [9.17, 15) is 18.4 Å². The maximum Gasteiger partial charge on any atom is 0.254 e. The second kappa shape index (κ2) is 9.58. The number of hydrogen-bond acceptors (Lipinski definition) is 2. The van der Waals surface area contributed by atoms with Gasteiger partial charge in [0.15, 0.2) is 0 Å². The van der Waals surface area contributed by atoms with Crippen molar-refractivity contribution in [2.24, 2.45) is 5.92 Å². The van der Waals surface area contributed by atoms with Crippen LogP contribution in [-0.2, 0) is 0 Å². The van der Waals surface area contributed by atoms with Crippen LogP contribution in [0.5, 0.6) is 0 Å². The van der Waals surface area contributed by atoms with E-state index in [0.29, 0.717) is 41.9 Å². The molecule has 4 nitrogen and oxygen atoms in total. The van der Waals surface area contributed by atoms with Crippen molar-refractivity contribution in [1.29, 1.82) is 0 Å². The Labute approximate surface area is 182 Å². The lowest BCUT2D eigenvalue weighted by molar-refractivity contribution is 0.0555. The molecule has 1 aliphatic rings. The van der Waals surface area contributed by atoms with Crippen molar-refractivity contribution in [3.63, 3.8) is 0 Å². The molecule has 0 radical (unpaired) electrons. The lowest BCUT2D eigenvalue weighted by atomic mass is 9.95. The minimum atomic E-state index is -0.329. The van der Waals surface area contributed by atoms with E-state index in [1.807, 2.05) is 13.8 Å². The molecule has 1 fully saturated rings. The zero-order chi connectivity index (χ0) is 22.7. The number of benzene rings is 2. The summed E-state index contributed by atoms with van der Waals surface area (Å²) >= 11 is 0. The van der Waals surface area contributed by atoms with E-state index in [4.69, 9.17) is 0 Å². The van der Waals surface area contributed by atoms with Gasteiger partial charge in [0.2, 0.25) is 0 Å². The third-order valence-corrected chi connectivity index (χ3v) is 5.96. The van der Waals surface area contributed by atoms with E-state index in [2.05, 4.69) is 0 Å². The quantitative estimate of drug-likeness (QED) is 0.674. The molecule has 2 aromatic rings. The SMILES string of the molecule is Cc1cc(C(=O)N2CCCC(CN(C(=O)c3ccc(F)c(C)c3)C(C)C)C2)ccc1F. The van der Waals surface area contributed by atoms with Crippen LogP contribution in [-0.4, -0.2) is 47.3 Å². The number of carbonyl (C=O) groups excluding carboxylic acids is 2. The van der Waals surface area contributed by atoms with E-state index in [1.54, 1.807) is 35.8 Å². The normalized spacial score (nSPS) is 16.5. The fourth-order valence-corrected chi connectivity index (χ4v) is 4.11. The topological polar surface area (TPSA) is 40.6 Å². The summed E-state index contributed by atoms with van der Waals surface area (Å²) in [6, 6.07) is 8.84. The highest BCUT2D eigenvalue weighted by molar-refractivity contribution is 5.95. The van der Waals surface area contributed by atoms with Crippen molar-refractivity contribution in [2.75, 3.05) is 19.6 Å². The smallest absolute Gasteiger partial charge is 0.254 e. The number of amides is 2. The zero-order valence-corrected chi connectivity index (χ0v) is 18.6. The van der Waals surface area contributed by atoms with Gasteiger partial charge in [0.25, 0.3) is 11.8 Å². The van der Waals surface area contributed by atoms with Crippen LogP contribution in [0.15, 0.2) is 36.4 Å². The molecule has 31 heavy (non-hydrogen) atoms. The number of piperidine rings is 1. The average Bonchev–Trinajstić information content (AvgIpc) is 2.75. The molecule has 2 amide bonds. The maximum atomic E-state index is 13.6. The number of nitrogens with zero attached hydrogens (tertiary/aromatic N) is 2. The van der Waals surface area contributed by atoms with Gasteiger partial charge >= 0.3 is 0 Å². The predicted molar refractivity (Wildman–Crippen MR) is 117 cm³/mol. The van der Waals surface area contributed by atoms with E-state index in [1.165, 1.54) is 24.3 Å². The van der Waals surface area contributed by atoms with Crippen molar-refractivity contribution in [3.05, 3.63) is 70.3 Å². The molecule has 0 N–H and O–H groups in total. The van der Waals surface area contributed by atoms with Gasteiger partial charge < -0.3 is 9.80 Å². The molecule has 1 atom stereocenters. The molecule has 0 spiro atoms.